The van der Waals surface area contributed by atoms with Crippen LogP contribution in [0.15, 0.2) is 48.5 Å². The van der Waals surface area contributed by atoms with Crippen LogP contribution in [0.3, 0.4) is 0 Å². The summed E-state index contributed by atoms with van der Waals surface area (Å²) in [4.78, 5) is 11.7. The van der Waals surface area contributed by atoms with Gasteiger partial charge < -0.3 is 15.4 Å². The number of aryl methyl sites for hydroxylation is 2. The molecule has 2 aromatic carbocycles. The summed E-state index contributed by atoms with van der Waals surface area (Å²) in [6.07, 6.45) is 0.827. The summed E-state index contributed by atoms with van der Waals surface area (Å²) in [5.74, 6) is 0.841. The molecule has 0 radical (unpaired) electrons. The second-order valence-electron chi connectivity index (χ2n) is 5.59. The average Bonchev–Trinajstić information content (AvgIpc) is 2.52. The third-order valence-corrected chi connectivity index (χ3v) is 3.39. The third kappa shape index (κ3) is 6.43. The summed E-state index contributed by atoms with van der Waals surface area (Å²) in [5.41, 5.74) is 3.56. The van der Waals surface area contributed by atoms with Crippen LogP contribution in [0.25, 0.3) is 0 Å². The minimum absolute atomic E-state index is 0.162. The number of nitrogens with one attached hydrogen (secondary N) is 2. The first kappa shape index (κ1) is 16.9. The number of hydrogen-bond donors (Lipinski definition) is 2. The largest absolute Gasteiger partial charge is 0.492 e. The van der Waals surface area contributed by atoms with E-state index in [1.165, 1.54) is 16.7 Å². The lowest BCUT2D eigenvalue weighted by Crippen LogP contribution is -2.38. The molecule has 0 aliphatic rings. The molecule has 0 spiro atoms. The number of carbonyl (C=O) groups is 1. The van der Waals surface area contributed by atoms with E-state index in [2.05, 4.69) is 28.8 Å². The van der Waals surface area contributed by atoms with Crippen LogP contribution in [0.5, 0.6) is 5.75 Å². The van der Waals surface area contributed by atoms with Gasteiger partial charge in [-0.15, -0.1) is 0 Å². The van der Waals surface area contributed by atoms with Gasteiger partial charge in [-0.25, -0.2) is 4.79 Å². The maximum absolute atomic E-state index is 11.7. The summed E-state index contributed by atoms with van der Waals surface area (Å²) in [7, 11) is 0. The number of amides is 2. The standard InChI is InChI=1S/C19H24N2O2/c1-15-12-16(2)14-18(13-15)23-11-10-21-19(22)20-9-8-17-6-4-3-5-7-17/h3-7,12-14H,8-11H2,1-2H3,(H2,20,21,22). The van der Waals surface area contributed by atoms with Gasteiger partial charge in [0.05, 0.1) is 6.54 Å². The molecule has 0 saturated heterocycles. The Morgan fingerprint density at radius 1 is 0.957 bits per heavy atom. The van der Waals surface area contributed by atoms with Crippen LogP contribution < -0.4 is 15.4 Å². The van der Waals surface area contributed by atoms with E-state index in [1.54, 1.807) is 0 Å². The van der Waals surface area contributed by atoms with Gasteiger partial charge in [0, 0.05) is 6.54 Å². The molecule has 0 saturated carbocycles. The van der Waals surface area contributed by atoms with E-state index in [0.29, 0.717) is 19.7 Å². The lowest BCUT2D eigenvalue weighted by atomic mass is 10.1. The van der Waals surface area contributed by atoms with E-state index < -0.39 is 0 Å². The normalized spacial score (nSPS) is 10.2. The van der Waals surface area contributed by atoms with Gasteiger partial charge in [0.25, 0.3) is 0 Å². The van der Waals surface area contributed by atoms with Crippen molar-refractivity contribution in [2.75, 3.05) is 19.7 Å². The molecule has 23 heavy (non-hydrogen) atoms. The Morgan fingerprint density at radius 2 is 1.61 bits per heavy atom. The summed E-state index contributed by atoms with van der Waals surface area (Å²) in [6, 6.07) is 16.0. The molecule has 2 aromatic rings. The molecule has 2 rings (SSSR count). The molecular weight excluding hydrogens is 288 g/mol. The first-order valence-corrected chi connectivity index (χ1v) is 7.90. The van der Waals surface area contributed by atoms with Gasteiger partial charge in [0.15, 0.2) is 0 Å². The molecule has 0 aromatic heterocycles. The Kier molecular flexibility index (Phi) is 6.48. The second-order valence-corrected chi connectivity index (χ2v) is 5.59. The van der Waals surface area contributed by atoms with Crippen LogP contribution in [0.4, 0.5) is 4.79 Å². The Balaban J connectivity index is 1.59. The van der Waals surface area contributed by atoms with Crippen LogP contribution in [0.2, 0.25) is 0 Å². The molecule has 0 aliphatic carbocycles. The highest BCUT2D eigenvalue weighted by Crippen LogP contribution is 2.15. The van der Waals surface area contributed by atoms with Crippen molar-refractivity contribution in [3.05, 3.63) is 65.2 Å². The van der Waals surface area contributed by atoms with Crippen LogP contribution in [-0.4, -0.2) is 25.7 Å². The fraction of sp³-hybridized carbons (Fsp3) is 0.316. The summed E-state index contributed by atoms with van der Waals surface area (Å²) < 4.78 is 5.65. The molecule has 0 unspecified atom stereocenters. The molecule has 0 bridgehead atoms. The summed E-state index contributed by atoms with van der Waals surface area (Å²) in [6.45, 7) is 5.63. The predicted molar refractivity (Wildman–Crippen MR) is 93.0 cm³/mol. The fourth-order valence-electron chi connectivity index (χ4n) is 2.38. The highest BCUT2D eigenvalue weighted by molar-refractivity contribution is 5.73. The van der Waals surface area contributed by atoms with E-state index in [9.17, 15) is 4.79 Å². The number of hydrogen-bond acceptors (Lipinski definition) is 2. The van der Waals surface area contributed by atoms with E-state index in [0.717, 1.165) is 12.2 Å². The van der Waals surface area contributed by atoms with Crippen molar-refractivity contribution in [1.82, 2.24) is 10.6 Å². The van der Waals surface area contributed by atoms with Crippen LogP contribution in [0.1, 0.15) is 16.7 Å². The van der Waals surface area contributed by atoms with Crippen molar-refractivity contribution in [1.29, 1.82) is 0 Å². The molecule has 4 nitrogen and oxygen atoms in total. The zero-order chi connectivity index (χ0) is 16.5. The zero-order valence-electron chi connectivity index (χ0n) is 13.8. The summed E-state index contributed by atoms with van der Waals surface area (Å²) >= 11 is 0. The minimum atomic E-state index is -0.162. The zero-order valence-corrected chi connectivity index (χ0v) is 13.8. The topological polar surface area (TPSA) is 50.4 Å². The maximum Gasteiger partial charge on any atom is 0.314 e. The maximum atomic E-state index is 11.7. The first-order chi connectivity index (χ1) is 11.1. The van der Waals surface area contributed by atoms with E-state index >= 15 is 0 Å². The van der Waals surface area contributed by atoms with Gasteiger partial charge in [-0.3, -0.25) is 0 Å². The van der Waals surface area contributed by atoms with Crippen molar-refractivity contribution in [3.8, 4) is 5.75 Å². The van der Waals surface area contributed by atoms with Gasteiger partial charge in [0.1, 0.15) is 12.4 Å². The number of carbonyl (C=O) groups excluding carboxylic acids is 1. The Bertz CT molecular complexity index is 606. The molecule has 0 heterocycles. The molecule has 0 fully saturated rings. The van der Waals surface area contributed by atoms with Crippen molar-refractivity contribution >= 4 is 6.03 Å². The van der Waals surface area contributed by atoms with Crippen molar-refractivity contribution in [2.24, 2.45) is 0 Å². The summed E-state index contributed by atoms with van der Waals surface area (Å²) in [5, 5.41) is 5.64. The van der Waals surface area contributed by atoms with E-state index in [4.69, 9.17) is 4.74 Å². The quantitative estimate of drug-likeness (QED) is 0.771. The molecule has 2 N–H and O–H groups in total. The lowest BCUT2D eigenvalue weighted by Gasteiger charge is -2.10. The average molecular weight is 312 g/mol. The van der Waals surface area contributed by atoms with Gasteiger partial charge in [0.2, 0.25) is 0 Å². The monoisotopic (exact) mass is 312 g/mol. The van der Waals surface area contributed by atoms with Gasteiger partial charge in [-0.1, -0.05) is 36.4 Å². The number of benzene rings is 2. The highest BCUT2D eigenvalue weighted by Gasteiger charge is 2.00. The number of ether oxygens (including phenoxy) is 1. The van der Waals surface area contributed by atoms with Crippen LogP contribution in [-0.2, 0) is 6.42 Å². The molecule has 0 atom stereocenters. The number of urea groups is 1. The van der Waals surface area contributed by atoms with Crippen molar-refractivity contribution in [3.63, 3.8) is 0 Å². The molecule has 4 heteroatoms. The second kappa shape index (κ2) is 8.83. The van der Waals surface area contributed by atoms with Gasteiger partial charge in [-0.05, 0) is 49.1 Å². The van der Waals surface area contributed by atoms with Crippen molar-refractivity contribution < 1.29 is 9.53 Å². The smallest absolute Gasteiger partial charge is 0.314 e. The Labute approximate surface area is 137 Å². The van der Waals surface area contributed by atoms with Gasteiger partial charge in [-0.2, -0.15) is 0 Å². The SMILES string of the molecule is Cc1cc(C)cc(OCCNC(=O)NCCc2ccccc2)c1. The molecule has 0 aliphatic heterocycles. The molecular formula is C19H24N2O2. The molecule has 2 amide bonds. The van der Waals surface area contributed by atoms with Crippen LogP contribution >= 0.6 is 0 Å². The Hall–Kier alpha value is -2.49. The number of rotatable bonds is 7. The van der Waals surface area contributed by atoms with Crippen LogP contribution in [0, 0.1) is 13.8 Å². The third-order valence-electron chi connectivity index (χ3n) is 3.39. The van der Waals surface area contributed by atoms with E-state index in [-0.39, 0.29) is 6.03 Å². The van der Waals surface area contributed by atoms with E-state index in [1.807, 2.05) is 44.2 Å². The van der Waals surface area contributed by atoms with Crippen molar-refractivity contribution in [2.45, 2.75) is 20.3 Å². The minimum Gasteiger partial charge on any atom is -0.492 e. The molecule has 122 valence electrons. The first-order valence-electron chi connectivity index (χ1n) is 7.90. The van der Waals surface area contributed by atoms with Gasteiger partial charge >= 0.3 is 6.03 Å². The highest BCUT2D eigenvalue weighted by atomic mass is 16.5. The lowest BCUT2D eigenvalue weighted by molar-refractivity contribution is 0.236. The Morgan fingerprint density at radius 3 is 2.30 bits per heavy atom. The predicted octanol–water partition coefficient (Wildman–Crippen LogP) is 3.22. The fourth-order valence-corrected chi connectivity index (χ4v) is 2.38.